The number of para-hydroxylation sites is 1. The van der Waals surface area contributed by atoms with E-state index in [1.54, 1.807) is 22.9 Å². The topological polar surface area (TPSA) is 89.3 Å². The van der Waals surface area contributed by atoms with Crippen molar-refractivity contribution in [2.45, 2.75) is 32.7 Å². The molecule has 8 heteroatoms. The van der Waals surface area contributed by atoms with E-state index in [0.29, 0.717) is 17.9 Å². The Morgan fingerprint density at radius 1 is 1.11 bits per heavy atom. The van der Waals surface area contributed by atoms with Crippen molar-refractivity contribution >= 4 is 34.2 Å². The number of ether oxygens (including phenoxy) is 1. The molecule has 1 aliphatic heterocycles. The summed E-state index contributed by atoms with van der Waals surface area (Å²) in [6, 6.07) is 16.8. The zero-order chi connectivity index (χ0) is 25.4. The van der Waals surface area contributed by atoms with E-state index >= 15 is 0 Å². The standard InChI is InChI=1S/C28H29N5O3/c1-17-9-11-20(12-10-17)33-25(34)14-13-22(26(33)21-7-5-6-8-24(21)36-4)28(35)30-19-15-23-18(2)31-32(3)27(23)29-16-19/h5-12,15-16,22,26H,13-14H2,1-4H3,(H,30,35). The number of amides is 2. The summed E-state index contributed by atoms with van der Waals surface area (Å²) in [5.74, 6) is -0.0433. The highest BCUT2D eigenvalue weighted by molar-refractivity contribution is 6.01. The summed E-state index contributed by atoms with van der Waals surface area (Å²) in [5, 5.41) is 8.35. The lowest BCUT2D eigenvalue weighted by Crippen LogP contribution is -2.47. The number of carbonyl (C=O) groups is 2. The lowest BCUT2D eigenvalue weighted by Gasteiger charge is -2.41. The van der Waals surface area contributed by atoms with Crippen molar-refractivity contribution < 1.29 is 14.3 Å². The average Bonchev–Trinajstić information content (AvgIpc) is 3.17. The summed E-state index contributed by atoms with van der Waals surface area (Å²) in [4.78, 5) is 33.3. The molecule has 5 rings (SSSR count). The summed E-state index contributed by atoms with van der Waals surface area (Å²) in [5.41, 5.74) is 4.85. The van der Waals surface area contributed by atoms with Crippen molar-refractivity contribution in [3.8, 4) is 5.75 Å². The molecule has 1 aliphatic rings. The van der Waals surface area contributed by atoms with Gasteiger partial charge >= 0.3 is 0 Å². The van der Waals surface area contributed by atoms with Crippen molar-refractivity contribution in [1.29, 1.82) is 0 Å². The zero-order valence-electron chi connectivity index (χ0n) is 20.9. The summed E-state index contributed by atoms with van der Waals surface area (Å²) in [6.07, 6.45) is 2.35. The van der Waals surface area contributed by atoms with E-state index in [9.17, 15) is 9.59 Å². The molecular formula is C28H29N5O3. The fraction of sp³-hybridized carbons (Fsp3) is 0.286. The van der Waals surface area contributed by atoms with E-state index in [1.807, 2.05) is 75.5 Å². The van der Waals surface area contributed by atoms with Gasteiger partial charge in [-0.1, -0.05) is 35.9 Å². The number of fused-ring (bicyclic) bond motifs is 1. The summed E-state index contributed by atoms with van der Waals surface area (Å²) in [6.45, 7) is 3.92. The van der Waals surface area contributed by atoms with Crippen LogP contribution in [-0.4, -0.2) is 33.7 Å². The molecule has 1 N–H and O–H groups in total. The van der Waals surface area contributed by atoms with E-state index in [2.05, 4.69) is 15.4 Å². The molecule has 0 radical (unpaired) electrons. The monoisotopic (exact) mass is 483 g/mol. The second-order valence-electron chi connectivity index (χ2n) is 9.22. The maximum absolute atomic E-state index is 13.8. The van der Waals surface area contributed by atoms with E-state index in [-0.39, 0.29) is 18.2 Å². The smallest absolute Gasteiger partial charge is 0.229 e. The van der Waals surface area contributed by atoms with Crippen LogP contribution in [0.4, 0.5) is 11.4 Å². The van der Waals surface area contributed by atoms with Crippen LogP contribution in [0.3, 0.4) is 0 Å². The Balaban J connectivity index is 1.55. The number of benzene rings is 2. The minimum Gasteiger partial charge on any atom is -0.496 e. The molecule has 2 aromatic carbocycles. The van der Waals surface area contributed by atoms with Crippen LogP contribution in [0.5, 0.6) is 5.75 Å². The predicted octanol–water partition coefficient (Wildman–Crippen LogP) is 4.72. The minimum atomic E-state index is -0.526. The van der Waals surface area contributed by atoms with Crippen LogP contribution in [0.15, 0.2) is 60.8 Å². The molecule has 2 unspecified atom stereocenters. The molecular weight excluding hydrogens is 454 g/mol. The van der Waals surface area contributed by atoms with E-state index in [0.717, 1.165) is 33.5 Å². The lowest BCUT2D eigenvalue weighted by atomic mass is 9.82. The van der Waals surface area contributed by atoms with Crippen molar-refractivity contribution in [2.24, 2.45) is 13.0 Å². The molecule has 0 saturated carbocycles. The maximum atomic E-state index is 13.8. The molecule has 8 nitrogen and oxygen atoms in total. The number of nitrogens with one attached hydrogen (secondary N) is 1. The second kappa shape index (κ2) is 9.45. The quantitative estimate of drug-likeness (QED) is 0.444. The molecule has 1 fully saturated rings. The zero-order valence-corrected chi connectivity index (χ0v) is 20.9. The van der Waals surface area contributed by atoms with Gasteiger partial charge in [-0.15, -0.1) is 0 Å². The third-order valence-corrected chi connectivity index (χ3v) is 6.83. The fourth-order valence-corrected chi connectivity index (χ4v) is 5.05. The molecule has 3 heterocycles. The summed E-state index contributed by atoms with van der Waals surface area (Å²) >= 11 is 0. The lowest BCUT2D eigenvalue weighted by molar-refractivity contribution is -0.125. The number of piperidine rings is 1. The van der Waals surface area contributed by atoms with E-state index in [1.165, 1.54) is 0 Å². The number of rotatable bonds is 5. The third-order valence-electron chi connectivity index (χ3n) is 6.83. The first-order chi connectivity index (χ1) is 17.4. The number of carbonyl (C=O) groups excluding carboxylic acids is 2. The number of anilines is 2. The van der Waals surface area contributed by atoms with Gasteiger partial charge in [-0.2, -0.15) is 5.10 Å². The van der Waals surface area contributed by atoms with Gasteiger partial charge in [0.05, 0.1) is 36.6 Å². The van der Waals surface area contributed by atoms with Crippen LogP contribution in [0, 0.1) is 19.8 Å². The summed E-state index contributed by atoms with van der Waals surface area (Å²) in [7, 11) is 3.45. The van der Waals surface area contributed by atoms with Crippen LogP contribution in [0.1, 0.15) is 35.7 Å². The van der Waals surface area contributed by atoms with Gasteiger partial charge in [-0.3, -0.25) is 14.3 Å². The second-order valence-corrected chi connectivity index (χ2v) is 9.22. The molecule has 1 saturated heterocycles. The Labute approximate surface area is 209 Å². The molecule has 2 aromatic heterocycles. The molecule has 0 aliphatic carbocycles. The Morgan fingerprint density at radius 2 is 1.86 bits per heavy atom. The Morgan fingerprint density at radius 3 is 2.61 bits per heavy atom. The normalized spacial score (nSPS) is 17.9. The number of aryl methyl sites for hydroxylation is 3. The molecule has 4 aromatic rings. The van der Waals surface area contributed by atoms with Gasteiger partial charge in [0.1, 0.15) is 5.75 Å². The first-order valence-corrected chi connectivity index (χ1v) is 12.0. The van der Waals surface area contributed by atoms with E-state index < -0.39 is 12.0 Å². The number of pyridine rings is 1. The fourth-order valence-electron chi connectivity index (χ4n) is 5.05. The maximum Gasteiger partial charge on any atom is 0.229 e. The molecule has 36 heavy (non-hydrogen) atoms. The number of hydrogen-bond donors (Lipinski definition) is 1. The van der Waals surface area contributed by atoms with Crippen molar-refractivity contribution in [1.82, 2.24) is 14.8 Å². The SMILES string of the molecule is COc1ccccc1C1C(C(=O)Nc2cnc3c(c2)c(C)nn3C)CCC(=O)N1c1ccc(C)cc1. The van der Waals surface area contributed by atoms with Gasteiger partial charge < -0.3 is 15.0 Å². The van der Waals surface area contributed by atoms with Gasteiger partial charge in [0.2, 0.25) is 11.8 Å². The van der Waals surface area contributed by atoms with Gasteiger partial charge in [-0.05, 0) is 44.5 Å². The molecule has 2 amide bonds. The Hall–Kier alpha value is -4.20. The van der Waals surface area contributed by atoms with E-state index in [4.69, 9.17) is 4.74 Å². The van der Waals surface area contributed by atoms with Crippen molar-refractivity contribution in [3.05, 3.63) is 77.6 Å². The van der Waals surface area contributed by atoms with Gasteiger partial charge in [0.25, 0.3) is 0 Å². The first kappa shape index (κ1) is 23.5. The Bertz CT molecular complexity index is 1440. The molecule has 0 bridgehead atoms. The molecule has 0 spiro atoms. The van der Waals surface area contributed by atoms with Gasteiger partial charge in [-0.25, -0.2) is 4.98 Å². The van der Waals surface area contributed by atoms with Crippen molar-refractivity contribution in [2.75, 3.05) is 17.3 Å². The number of nitrogens with zero attached hydrogens (tertiary/aromatic N) is 4. The van der Waals surface area contributed by atoms with Crippen LogP contribution < -0.4 is 15.0 Å². The number of aromatic nitrogens is 3. The highest BCUT2D eigenvalue weighted by Crippen LogP contribution is 2.43. The van der Waals surface area contributed by atoms with Crippen LogP contribution in [-0.2, 0) is 16.6 Å². The van der Waals surface area contributed by atoms with Crippen molar-refractivity contribution in [3.63, 3.8) is 0 Å². The van der Waals surface area contributed by atoms with Crippen LogP contribution in [0.25, 0.3) is 11.0 Å². The summed E-state index contributed by atoms with van der Waals surface area (Å²) < 4.78 is 7.38. The van der Waals surface area contributed by atoms with Crippen LogP contribution >= 0.6 is 0 Å². The van der Waals surface area contributed by atoms with Crippen LogP contribution in [0.2, 0.25) is 0 Å². The third kappa shape index (κ3) is 4.19. The largest absolute Gasteiger partial charge is 0.496 e. The molecule has 2 atom stereocenters. The number of hydrogen-bond acceptors (Lipinski definition) is 5. The Kier molecular flexibility index (Phi) is 6.18. The first-order valence-electron chi connectivity index (χ1n) is 12.0. The highest BCUT2D eigenvalue weighted by Gasteiger charge is 2.42. The number of methoxy groups -OCH3 is 1. The minimum absolute atomic E-state index is 0.0205. The van der Waals surface area contributed by atoms with Gasteiger partial charge in [0, 0.05) is 30.1 Å². The van der Waals surface area contributed by atoms with Gasteiger partial charge in [0.15, 0.2) is 5.65 Å². The molecule has 184 valence electrons. The predicted molar refractivity (Wildman–Crippen MR) is 139 cm³/mol. The average molecular weight is 484 g/mol. The highest BCUT2D eigenvalue weighted by atomic mass is 16.5.